The quantitative estimate of drug-likeness (QED) is 0.0572. The van der Waals surface area contributed by atoms with Gasteiger partial charge in [0, 0.05) is 31.5 Å². The van der Waals surface area contributed by atoms with Gasteiger partial charge in [-0.25, -0.2) is 14.6 Å². The molecular formula is C45H64FN4O10-. The molecule has 14 nitrogen and oxygen atoms in total. The van der Waals surface area contributed by atoms with Crippen LogP contribution >= 0.6 is 0 Å². The first kappa shape index (κ1) is 51.0. The molecule has 3 amide bonds. The molecule has 1 aliphatic rings. The molecule has 0 radical (unpaired) electrons. The first-order valence-electron chi connectivity index (χ1n) is 20.7. The number of rotatable bonds is 24. The molecule has 1 fully saturated rings. The number of hydrogen-bond acceptors (Lipinski definition) is 11. The van der Waals surface area contributed by atoms with Crippen LogP contribution < -0.4 is 21.2 Å². The normalized spacial score (nSPS) is 17.5. The number of hydrogen-bond donors (Lipinski definition) is 5. The van der Waals surface area contributed by atoms with E-state index in [4.69, 9.17) is 4.74 Å². The molecule has 0 bridgehead atoms. The van der Waals surface area contributed by atoms with Gasteiger partial charge in [-0.3, -0.25) is 19.4 Å². The van der Waals surface area contributed by atoms with Gasteiger partial charge in [0.1, 0.15) is 29.4 Å². The van der Waals surface area contributed by atoms with E-state index in [1.54, 1.807) is 26.8 Å². The number of carboxylic acids is 1. The molecule has 0 aromatic heterocycles. The van der Waals surface area contributed by atoms with Crippen LogP contribution in [-0.2, 0) is 39.9 Å². The molecule has 2 rings (SSSR count). The summed E-state index contributed by atoms with van der Waals surface area (Å²) >= 11 is 0. The van der Waals surface area contributed by atoms with E-state index in [1.807, 2.05) is 51.2 Å². The number of carbonyl (C=O) groups is 6. The van der Waals surface area contributed by atoms with Gasteiger partial charge in [-0.15, -0.1) is 0 Å². The molecule has 60 heavy (non-hydrogen) atoms. The summed E-state index contributed by atoms with van der Waals surface area (Å²) in [6.07, 6.45) is 13.6. The third kappa shape index (κ3) is 18.8. The highest BCUT2D eigenvalue weighted by Gasteiger charge is 2.36. The van der Waals surface area contributed by atoms with Crippen LogP contribution in [0.2, 0.25) is 0 Å². The summed E-state index contributed by atoms with van der Waals surface area (Å²) in [6.45, 7) is 12.9. The number of aliphatic hydroxyl groups excluding tert-OH is 1. The van der Waals surface area contributed by atoms with Crippen molar-refractivity contribution >= 4 is 35.4 Å². The number of benzene rings is 1. The number of ketones is 1. The zero-order valence-electron chi connectivity index (χ0n) is 35.9. The van der Waals surface area contributed by atoms with Gasteiger partial charge < -0.3 is 40.3 Å². The second-order valence-electron chi connectivity index (χ2n) is 16.3. The molecule has 1 aromatic rings. The highest BCUT2D eigenvalue weighted by molar-refractivity contribution is 5.93. The smallest absolute Gasteiger partial charge is 0.330 e. The number of allylic oxidation sites excluding steroid dienone is 7. The number of phenols is 1. The van der Waals surface area contributed by atoms with Crippen molar-refractivity contribution in [2.45, 2.75) is 124 Å². The second kappa shape index (κ2) is 26.1. The van der Waals surface area contributed by atoms with E-state index in [-0.39, 0.29) is 55.5 Å². The van der Waals surface area contributed by atoms with Crippen molar-refractivity contribution in [2.75, 3.05) is 13.2 Å². The van der Waals surface area contributed by atoms with Crippen molar-refractivity contribution < 1.29 is 53.2 Å². The van der Waals surface area contributed by atoms with Gasteiger partial charge in [-0.1, -0.05) is 76.6 Å². The molecule has 15 heteroatoms. The first-order valence-corrected chi connectivity index (χ1v) is 20.7. The van der Waals surface area contributed by atoms with Crippen molar-refractivity contribution in [3.05, 3.63) is 77.7 Å². The number of aliphatic carboxylic acids is 1. The lowest BCUT2D eigenvalue weighted by Gasteiger charge is -2.37. The topological polar surface area (TPSA) is 214 Å². The van der Waals surface area contributed by atoms with Gasteiger partial charge in [-0.05, 0) is 87.8 Å². The number of nitrogens with one attached hydrogen (secondary N) is 3. The number of phenolic OH excluding ortho intramolecular Hbond substituents is 1. The standard InChI is InChI=1S/C45H65FN4O10/c1-28(2)27-60-39(53)19-13-16-30(5)15-11-9-8-10-12-17-31(6)41(54)36(21-20-32(7)51)42(55)48-40(29(3)4)43(56)47-38(25-33-23-34(46)26-35(52)24-33)44(57)50-22-14-18-37(49-50)45(58)59/h8-10,12-13,16,19,23-24,26,28-29,31,36-38,40-41,49,52,54H,11,14-15,17-18,20-22,25,27H2,1-7H3,(H,47,56)(H,48,55)(H,58,59)/p-1/b9-8+,12-10+,19-13+,30-16+/t31-,36+,37?,38-,40-,41+/m0/s1. The molecule has 5 N–H and O–H groups in total. The number of esters is 1. The molecule has 6 atom stereocenters. The molecule has 1 heterocycles. The van der Waals surface area contributed by atoms with Crippen LogP contribution in [0.1, 0.15) is 99.0 Å². The number of ether oxygens (including phenoxy) is 1. The minimum Gasteiger partial charge on any atom is -0.548 e. The van der Waals surface area contributed by atoms with Gasteiger partial charge in [-0.2, -0.15) is 0 Å². The summed E-state index contributed by atoms with van der Waals surface area (Å²) in [5.41, 5.74) is 3.86. The predicted octanol–water partition coefficient (Wildman–Crippen LogP) is 3.91. The summed E-state index contributed by atoms with van der Waals surface area (Å²) in [5.74, 6) is -7.03. The lowest BCUT2D eigenvalue weighted by molar-refractivity contribution is -0.310. The summed E-state index contributed by atoms with van der Waals surface area (Å²) < 4.78 is 19.3. The van der Waals surface area contributed by atoms with Crippen LogP contribution in [0.4, 0.5) is 4.39 Å². The van der Waals surface area contributed by atoms with Gasteiger partial charge in [0.05, 0.1) is 30.6 Å². The molecule has 1 aromatic carbocycles. The number of aromatic hydroxyl groups is 1. The fourth-order valence-corrected chi connectivity index (χ4v) is 6.43. The van der Waals surface area contributed by atoms with Crippen LogP contribution in [0.5, 0.6) is 5.75 Å². The van der Waals surface area contributed by atoms with Crippen LogP contribution in [-0.4, -0.2) is 88.0 Å². The Kier molecular flexibility index (Phi) is 22.2. The fraction of sp³-hybridized carbons (Fsp3) is 0.556. The van der Waals surface area contributed by atoms with E-state index in [0.717, 1.165) is 35.6 Å². The van der Waals surface area contributed by atoms with E-state index < -0.39 is 77.2 Å². The molecule has 332 valence electrons. The Bertz CT molecular complexity index is 1720. The molecule has 1 aliphatic heterocycles. The molecule has 1 saturated heterocycles. The number of carboxylic acid groups (broad SMARTS) is 1. The van der Waals surface area contributed by atoms with Crippen molar-refractivity contribution in [1.29, 1.82) is 0 Å². The Morgan fingerprint density at radius 1 is 0.983 bits per heavy atom. The molecule has 1 unspecified atom stereocenters. The Hall–Kier alpha value is -5.15. The maximum atomic E-state index is 14.2. The average Bonchev–Trinajstić information content (AvgIpc) is 3.17. The van der Waals surface area contributed by atoms with E-state index in [0.29, 0.717) is 19.4 Å². The van der Waals surface area contributed by atoms with Gasteiger partial charge >= 0.3 is 5.97 Å². The van der Waals surface area contributed by atoms with Crippen LogP contribution in [0.3, 0.4) is 0 Å². The number of hydrazine groups is 1. The van der Waals surface area contributed by atoms with Crippen molar-refractivity contribution in [2.24, 2.45) is 23.7 Å². The molecule has 0 aliphatic carbocycles. The van der Waals surface area contributed by atoms with Crippen LogP contribution in [0.15, 0.2) is 66.3 Å². The third-order valence-corrected chi connectivity index (χ3v) is 9.89. The average molecular weight is 840 g/mol. The zero-order valence-corrected chi connectivity index (χ0v) is 35.9. The van der Waals surface area contributed by atoms with Crippen LogP contribution in [0, 0.1) is 29.5 Å². The van der Waals surface area contributed by atoms with Gasteiger partial charge in [0.25, 0.3) is 5.91 Å². The Balaban J connectivity index is 2.14. The third-order valence-electron chi connectivity index (χ3n) is 9.89. The summed E-state index contributed by atoms with van der Waals surface area (Å²) in [4.78, 5) is 76.8. The predicted molar refractivity (Wildman–Crippen MR) is 223 cm³/mol. The van der Waals surface area contributed by atoms with Gasteiger partial charge in [0.15, 0.2) is 0 Å². The number of aliphatic hydroxyl groups is 1. The lowest BCUT2D eigenvalue weighted by Crippen LogP contribution is -2.63. The molecule has 0 saturated carbocycles. The highest BCUT2D eigenvalue weighted by atomic mass is 19.1. The summed E-state index contributed by atoms with van der Waals surface area (Å²) in [7, 11) is 0. The first-order chi connectivity index (χ1) is 28.3. The monoisotopic (exact) mass is 839 g/mol. The minimum absolute atomic E-state index is 0.0115. The lowest BCUT2D eigenvalue weighted by atomic mass is 9.85. The molecular weight excluding hydrogens is 776 g/mol. The maximum absolute atomic E-state index is 14.2. The van der Waals surface area contributed by atoms with Crippen molar-refractivity contribution in [1.82, 2.24) is 21.1 Å². The maximum Gasteiger partial charge on any atom is 0.330 e. The van der Waals surface area contributed by atoms with Crippen molar-refractivity contribution in [3.8, 4) is 5.75 Å². The van der Waals surface area contributed by atoms with E-state index in [1.165, 1.54) is 19.1 Å². The van der Waals surface area contributed by atoms with Crippen LogP contribution in [0.25, 0.3) is 0 Å². The number of nitrogens with zero attached hydrogens (tertiary/aromatic N) is 1. The number of halogens is 1. The highest BCUT2D eigenvalue weighted by Crippen LogP contribution is 2.23. The largest absolute Gasteiger partial charge is 0.548 e. The van der Waals surface area contributed by atoms with E-state index in [2.05, 4.69) is 16.1 Å². The number of amides is 3. The van der Waals surface area contributed by atoms with Gasteiger partial charge in [0.2, 0.25) is 11.8 Å². The fourth-order valence-electron chi connectivity index (χ4n) is 6.43. The van der Waals surface area contributed by atoms with Crippen molar-refractivity contribution in [3.63, 3.8) is 0 Å². The zero-order chi connectivity index (χ0) is 44.9. The number of carbonyl (C=O) groups excluding carboxylic acids is 6. The van der Waals surface area contributed by atoms with E-state index >= 15 is 0 Å². The Labute approximate surface area is 353 Å². The SMILES string of the molecule is CC(=O)CC[C@@H](C(=O)N[C@H](C(=O)N[C@@H](Cc1cc(O)cc(F)c1)C(=O)N1CCCC(C(=O)[O-])N1)C(C)C)[C@H](O)[C@@H](C)C/C=C/C=C/CC/C(C)=C/C=C/C(=O)OCC(C)C. The summed E-state index contributed by atoms with van der Waals surface area (Å²) in [6, 6.07) is -0.541. The number of Topliss-reactive ketones (excluding diaryl/α,β-unsaturated/α-hetero) is 1. The Morgan fingerprint density at radius 3 is 2.32 bits per heavy atom. The molecule has 0 spiro atoms. The second-order valence-corrected chi connectivity index (χ2v) is 16.3. The summed E-state index contributed by atoms with van der Waals surface area (Å²) in [5, 5.41) is 39.4. The Morgan fingerprint density at radius 2 is 1.68 bits per heavy atom. The minimum atomic E-state index is -1.41. The van der Waals surface area contributed by atoms with E-state index in [9.17, 15) is 48.5 Å².